The van der Waals surface area contributed by atoms with Gasteiger partial charge in [-0.15, -0.1) is 12.4 Å². The Hall–Kier alpha value is -3.08. The molecule has 1 aliphatic carbocycles. The van der Waals surface area contributed by atoms with E-state index in [4.69, 9.17) is 15.3 Å². The van der Waals surface area contributed by atoms with Crippen molar-refractivity contribution in [1.82, 2.24) is 8.61 Å². The van der Waals surface area contributed by atoms with Crippen molar-refractivity contribution in [3.63, 3.8) is 0 Å². The molecule has 3 aliphatic rings. The fraction of sp³-hybridized carbons (Fsp3) is 0.571. The minimum absolute atomic E-state index is 0. The van der Waals surface area contributed by atoms with Crippen LogP contribution < -0.4 is 5.73 Å². The summed E-state index contributed by atoms with van der Waals surface area (Å²) in [7, 11) is -7.88. The van der Waals surface area contributed by atoms with E-state index >= 15 is 0 Å². The van der Waals surface area contributed by atoms with Crippen molar-refractivity contribution in [2.45, 2.75) is 77.1 Å². The van der Waals surface area contributed by atoms with Gasteiger partial charge in [-0.1, -0.05) is 70.9 Å². The lowest BCUT2D eigenvalue weighted by Crippen LogP contribution is -2.43. The maximum atomic E-state index is 13.9. The Bertz CT molecular complexity index is 1780. The molecule has 0 aromatic heterocycles. The van der Waals surface area contributed by atoms with Crippen LogP contribution in [0.5, 0.6) is 0 Å². The first-order valence-electron chi connectivity index (χ1n) is 17.0. The Morgan fingerprint density at radius 2 is 1.22 bits per heavy atom. The molecule has 1 unspecified atom stereocenters. The Kier molecular flexibility index (Phi) is 12.4. The zero-order valence-electron chi connectivity index (χ0n) is 30.2. The van der Waals surface area contributed by atoms with Crippen LogP contribution in [0.2, 0.25) is 0 Å². The molecule has 3 N–H and O–H groups in total. The van der Waals surface area contributed by atoms with Gasteiger partial charge in [0.15, 0.2) is 0 Å². The molecule has 0 amide bonds. The maximum absolute atomic E-state index is 13.9. The number of nitrogens with two attached hydrogens (primary N) is 1. The first-order chi connectivity index (χ1) is 23.3. The number of carbonyl (C=O) groups is 1. The van der Waals surface area contributed by atoms with E-state index in [1.807, 2.05) is 27.7 Å². The summed E-state index contributed by atoms with van der Waals surface area (Å²) in [6.45, 7) is 14.4. The summed E-state index contributed by atoms with van der Waals surface area (Å²) in [5, 5.41) is 18.3. The smallest absolute Gasteiger partial charge is 0.326 e. The first-order valence-corrected chi connectivity index (χ1v) is 19.9. The van der Waals surface area contributed by atoms with Gasteiger partial charge in [-0.05, 0) is 66.2 Å². The Morgan fingerprint density at radius 1 is 0.804 bits per heavy atom. The van der Waals surface area contributed by atoms with Gasteiger partial charge in [-0.25, -0.2) is 16.8 Å². The molecule has 0 radical (unpaired) electrons. The van der Waals surface area contributed by atoms with Crippen LogP contribution in [-0.4, -0.2) is 87.1 Å². The van der Waals surface area contributed by atoms with Gasteiger partial charge in [0.25, 0.3) is 6.79 Å². The van der Waals surface area contributed by atoms with Crippen LogP contribution in [0, 0.1) is 29.1 Å². The third-order valence-corrected chi connectivity index (χ3v) is 13.3. The zero-order valence-corrected chi connectivity index (χ0v) is 32.6. The number of oxime groups is 2. The number of hydrogen-bond donors (Lipinski definition) is 2. The van der Waals surface area contributed by atoms with Crippen LogP contribution in [-0.2, 0) is 34.4 Å². The minimum atomic E-state index is -3.94. The number of hydrogen-bond acceptors (Lipinski definition) is 11. The molecule has 16 heteroatoms. The Balaban J connectivity index is 0.00000583. The van der Waals surface area contributed by atoms with Gasteiger partial charge >= 0.3 is 5.97 Å². The zero-order chi connectivity index (χ0) is 36.8. The summed E-state index contributed by atoms with van der Waals surface area (Å²) in [6.07, 6.45) is 1.85. The van der Waals surface area contributed by atoms with Gasteiger partial charge in [-0.3, -0.25) is 4.79 Å². The number of ether oxygens (including phenoxy) is 1. The number of carbonyl (C=O) groups excluding carboxylic acids is 1. The summed E-state index contributed by atoms with van der Waals surface area (Å²) in [5.41, 5.74) is 6.80. The van der Waals surface area contributed by atoms with Crippen molar-refractivity contribution in [3.8, 4) is 0 Å². The van der Waals surface area contributed by atoms with Crippen LogP contribution >= 0.6 is 12.4 Å². The summed E-state index contributed by atoms with van der Waals surface area (Å²) < 4.78 is 63.9. The molecule has 5 rings (SSSR count). The normalized spacial score (nSPS) is 23.7. The van der Waals surface area contributed by atoms with E-state index in [-0.39, 0.29) is 68.4 Å². The highest BCUT2D eigenvalue weighted by Gasteiger charge is 2.37. The third kappa shape index (κ3) is 8.44. The molecule has 51 heavy (non-hydrogen) atoms. The molecular formula is C35H50ClN5O8S2. The minimum Gasteiger partial charge on any atom is -0.424 e. The molecule has 282 valence electrons. The molecule has 2 aromatic rings. The second-order valence-electron chi connectivity index (χ2n) is 15.4. The van der Waals surface area contributed by atoms with Gasteiger partial charge in [0, 0.05) is 48.4 Å². The predicted octanol–water partition coefficient (Wildman–Crippen LogP) is 4.62. The molecule has 5 atom stereocenters. The highest BCUT2D eigenvalue weighted by molar-refractivity contribution is 7.89. The summed E-state index contributed by atoms with van der Waals surface area (Å²) in [6, 6.07) is 7.96. The van der Waals surface area contributed by atoms with Crippen LogP contribution in [0.15, 0.2) is 56.5 Å². The van der Waals surface area contributed by atoms with Crippen LogP contribution in [0.25, 0.3) is 0 Å². The lowest BCUT2D eigenvalue weighted by Gasteiger charge is -2.34. The topological polar surface area (TPSA) is 181 Å². The fourth-order valence-electron chi connectivity index (χ4n) is 7.19. The number of esters is 1. The van der Waals surface area contributed by atoms with Crippen molar-refractivity contribution < 1.29 is 36.4 Å². The van der Waals surface area contributed by atoms with Crippen LogP contribution in [0.3, 0.4) is 0 Å². The van der Waals surface area contributed by atoms with E-state index in [9.17, 15) is 26.8 Å². The molecule has 0 bridgehead atoms. The van der Waals surface area contributed by atoms with E-state index in [0.717, 1.165) is 12.8 Å². The van der Waals surface area contributed by atoms with Gasteiger partial charge in [0.1, 0.15) is 17.5 Å². The van der Waals surface area contributed by atoms with Gasteiger partial charge in [0.2, 0.25) is 20.0 Å². The molecule has 13 nitrogen and oxygen atoms in total. The standard InChI is InChI=1S/C35H49N5O8S2.ClH/c1-21-12-22(2)17-39(16-21)49(43,44)25-8-10-27-29(14-25)31(37-42)30-15-26(50(45,46)40-18-23(3)13-24(4)19-40)9-11-28(30)32(27)38-48-20-47-34(41)33(36)35(5,6)7;/h8-11,14-15,21-24,33,42H,12-13,16-20,36H2,1-7H3;1H/t21-,22+,23-,24+,33?;. The lowest BCUT2D eigenvalue weighted by atomic mass is 9.83. The SMILES string of the molecule is C[C@@H]1C[C@H](C)CN(S(=O)(=O)c2ccc3c(c2)C(=NO)c2cc(S(=O)(=O)N4C[C@H](C)C[C@H](C)C4)ccc2C3=NOCOC(=O)C(N)C(C)(C)C)C1.Cl. The van der Waals surface area contributed by atoms with Gasteiger partial charge in [0.05, 0.1) is 9.79 Å². The number of rotatable bonds is 8. The molecular weight excluding hydrogens is 718 g/mol. The third-order valence-electron chi connectivity index (χ3n) is 9.65. The fourth-order valence-corrected chi connectivity index (χ4v) is 10.6. The number of nitrogens with zero attached hydrogens (tertiary/aromatic N) is 4. The van der Waals surface area contributed by atoms with E-state index in [0.29, 0.717) is 37.3 Å². The van der Waals surface area contributed by atoms with E-state index in [1.54, 1.807) is 32.9 Å². The average Bonchev–Trinajstić information content (AvgIpc) is 3.03. The van der Waals surface area contributed by atoms with Gasteiger partial charge in [-0.2, -0.15) is 8.61 Å². The highest BCUT2D eigenvalue weighted by atomic mass is 35.5. The average molecular weight is 768 g/mol. The van der Waals surface area contributed by atoms with Crippen molar-refractivity contribution in [3.05, 3.63) is 58.7 Å². The van der Waals surface area contributed by atoms with Crippen molar-refractivity contribution in [2.24, 2.45) is 45.1 Å². The monoisotopic (exact) mass is 767 g/mol. The van der Waals surface area contributed by atoms with Crippen molar-refractivity contribution >= 4 is 49.8 Å². The van der Waals surface area contributed by atoms with E-state index in [1.165, 1.54) is 32.9 Å². The quantitative estimate of drug-likeness (QED) is 0.109. The second-order valence-corrected chi connectivity index (χ2v) is 19.3. The van der Waals surface area contributed by atoms with Crippen molar-refractivity contribution in [1.29, 1.82) is 0 Å². The molecule has 0 spiro atoms. The summed E-state index contributed by atoms with van der Waals surface area (Å²) in [4.78, 5) is 17.9. The number of fused-ring (bicyclic) bond motifs is 2. The maximum Gasteiger partial charge on any atom is 0.326 e. The number of sulfonamides is 2. The molecule has 2 heterocycles. The molecule has 2 aliphatic heterocycles. The molecule has 0 saturated carbocycles. The number of halogens is 1. The highest BCUT2D eigenvalue weighted by Crippen LogP contribution is 2.35. The second kappa shape index (κ2) is 15.5. The predicted molar refractivity (Wildman–Crippen MR) is 196 cm³/mol. The molecule has 2 fully saturated rings. The molecule has 2 aromatic carbocycles. The largest absolute Gasteiger partial charge is 0.424 e. The van der Waals surface area contributed by atoms with E-state index in [2.05, 4.69) is 10.3 Å². The summed E-state index contributed by atoms with van der Waals surface area (Å²) >= 11 is 0. The Morgan fingerprint density at radius 3 is 1.59 bits per heavy atom. The van der Waals surface area contributed by atoms with Gasteiger partial charge < -0.3 is 20.5 Å². The Labute approximate surface area is 307 Å². The molecule has 2 saturated heterocycles. The van der Waals surface area contributed by atoms with Crippen LogP contribution in [0.4, 0.5) is 0 Å². The lowest BCUT2D eigenvalue weighted by molar-refractivity contribution is -0.160. The summed E-state index contributed by atoms with van der Waals surface area (Å²) in [5.74, 6) is 0.0522. The number of benzene rings is 2. The van der Waals surface area contributed by atoms with Crippen molar-refractivity contribution in [2.75, 3.05) is 33.0 Å². The first kappa shape index (κ1) is 40.7. The number of piperidine rings is 2. The van der Waals surface area contributed by atoms with E-state index < -0.39 is 44.3 Å². The van der Waals surface area contributed by atoms with Crippen LogP contribution in [0.1, 0.15) is 83.6 Å².